The van der Waals surface area contributed by atoms with E-state index >= 15 is 0 Å². The predicted molar refractivity (Wildman–Crippen MR) is 84.9 cm³/mol. The second-order valence-electron chi connectivity index (χ2n) is 6.65. The Bertz CT molecular complexity index is 577. The van der Waals surface area contributed by atoms with Gasteiger partial charge in [0.1, 0.15) is 12.4 Å². The summed E-state index contributed by atoms with van der Waals surface area (Å²) in [7, 11) is 0. The van der Waals surface area contributed by atoms with E-state index in [1.165, 1.54) is 5.57 Å². The molecule has 0 aromatic heterocycles. The molecule has 0 amide bonds. The summed E-state index contributed by atoms with van der Waals surface area (Å²) in [6.45, 7) is 3.98. The average molecular weight is 301 g/mol. The fourth-order valence-electron chi connectivity index (χ4n) is 3.88. The molecule has 1 aromatic rings. The van der Waals surface area contributed by atoms with Crippen LogP contribution in [0.1, 0.15) is 24.8 Å². The van der Waals surface area contributed by atoms with Gasteiger partial charge in [0.15, 0.2) is 0 Å². The topological polar surface area (TPSA) is 41.9 Å². The molecular formula is C18H23NO3. The number of ether oxygens (including phenoxy) is 2. The summed E-state index contributed by atoms with van der Waals surface area (Å²) < 4.78 is 11.7. The van der Waals surface area contributed by atoms with Crippen molar-refractivity contribution < 1.29 is 14.6 Å². The van der Waals surface area contributed by atoms with Gasteiger partial charge in [-0.2, -0.15) is 0 Å². The lowest BCUT2D eigenvalue weighted by molar-refractivity contribution is -0.127. The van der Waals surface area contributed by atoms with Gasteiger partial charge in [0.2, 0.25) is 0 Å². The molecular weight excluding hydrogens is 278 g/mol. The van der Waals surface area contributed by atoms with Crippen LogP contribution in [0.3, 0.4) is 0 Å². The SMILES string of the molecule is O[C@H]1CN(CC2=Cc3ccccc3OC2)CC[C@@]12CCCO2. The van der Waals surface area contributed by atoms with Crippen molar-refractivity contribution in [3.05, 3.63) is 35.4 Å². The molecule has 22 heavy (non-hydrogen) atoms. The van der Waals surface area contributed by atoms with E-state index < -0.39 is 0 Å². The molecule has 2 fully saturated rings. The van der Waals surface area contributed by atoms with Gasteiger partial charge in [0.25, 0.3) is 0 Å². The molecule has 4 heteroatoms. The van der Waals surface area contributed by atoms with Crippen LogP contribution >= 0.6 is 0 Å². The second-order valence-corrected chi connectivity index (χ2v) is 6.65. The highest BCUT2D eigenvalue weighted by molar-refractivity contribution is 5.62. The number of hydrogen-bond acceptors (Lipinski definition) is 4. The summed E-state index contributed by atoms with van der Waals surface area (Å²) in [5.74, 6) is 0.961. The van der Waals surface area contributed by atoms with Crippen molar-refractivity contribution in [3.8, 4) is 5.75 Å². The molecule has 1 N–H and O–H groups in total. The molecule has 0 bridgehead atoms. The maximum atomic E-state index is 10.5. The lowest BCUT2D eigenvalue weighted by Crippen LogP contribution is -2.55. The molecule has 2 saturated heterocycles. The molecule has 0 aliphatic carbocycles. The molecule has 4 nitrogen and oxygen atoms in total. The third kappa shape index (κ3) is 2.56. The number of aliphatic hydroxyl groups excluding tert-OH is 1. The van der Waals surface area contributed by atoms with Crippen molar-refractivity contribution in [1.82, 2.24) is 4.90 Å². The summed E-state index contributed by atoms with van der Waals surface area (Å²) in [6.07, 6.45) is 4.86. The highest BCUT2D eigenvalue weighted by Crippen LogP contribution is 2.36. The minimum absolute atomic E-state index is 0.263. The number of β-amino-alcohol motifs (C(OH)–C–C–N with tert-alkyl or cyclic N) is 1. The number of piperidine rings is 1. The number of hydrogen-bond donors (Lipinski definition) is 1. The first-order chi connectivity index (χ1) is 10.8. The van der Waals surface area contributed by atoms with Gasteiger partial charge in [-0.3, -0.25) is 4.90 Å². The highest BCUT2D eigenvalue weighted by atomic mass is 16.5. The van der Waals surface area contributed by atoms with E-state index in [-0.39, 0.29) is 11.7 Å². The largest absolute Gasteiger partial charge is 0.489 e. The van der Waals surface area contributed by atoms with Gasteiger partial charge in [-0.25, -0.2) is 0 Å². The van der Waals surface area contributed by atoms with Gasteiger partial charge in [0.05, 0.1) is 11.7 Å². The molecule has 3 aliphatic rings. The number of benzene rings is 1. The van der Waals surface area contributed by atoms with Gasteiger partial charge in [-0.1, -0.05) is 18.2 Å². The van der Waals surface area contributed by atoms with E-state index in [1.54, 1.807) is 0 Å². The number of rotatable bonds is 2. The quantitative estimate of drug-likeness (QED) is 0.908. The van der Waals surface area contributed by atoms with Gasteiger partial charge in [-0.15, -0.1) is 0 Å². The van der Waals surface area contributed by atoms with Crippen LogP contribution in [-0.4, -0.2) is 54.6 Å². The predicted octanol–water partition coefficient (Wildman–Crippen LogP) is 2.08. The Morgan fingerprint density at radius 3 is 3.00 bits per heavy atom. The minimum Gasteiger partial charge on any atom is -0.489 e. The smallest absolute Gasteiger partial charge is 0.127 e. The zero-order valence-corrected chi connectivity index (χ0v) is 12.8. The van der Waals surface area contributed by atoms with E-state index in [1.807, 2.05) is 18.2 Å². The van der Waals surface area contributed by atoms with Crippen molar-refractivity contribution >= 4 is 6.08 Å². The molecule has 1 spiro atoms. The fraction of sp³-hybridized carbons (Fsp3) is 0.556. The zero-order chi connectivity index (χ0) is 15.0. The lowest BCUT2D eigenvalue weighted by atomic mass is 9.86. The summed E-state index contributed by atoms with van der Waals surface area (Å²) in [4.78, 5) is 2.32. The summed E-state index contributed by atoms with van der Waals surface area (Å²) >= 11 is 0. The molecule has 118 valence electrons. The number of likely N-dealkylation sites (tertiary alicyclic amines) is 1. The van der Waals surface area contributed by atoms with Crippen LogP contribution < -0.4 is 4.74 Å². The third-order valence-corrected chi connectivity index (χ3v) is 5.14. The second kappa shape index (κ2) is 5.69. The van der Waals surface area contributed by atoms with Crippen LogP contribution in [0.5, 0.6) is 5.75 Å². The normalized spacial score (nSPS) is 31.7. The van der Waals surface area contributed by atoms with Gasteiger partial charge >= 0.3 is 0 Å². The van der Waals surface area contributed by atoms with E-state index in [2.05, 4.69) is 17.0 Å². The average Bonchev–Trinajstić information content (AvgIpc) is 3.01. The molecule has 3 heterocycles. The van der Waals surface area contributed by atoms with E-state index in [4.69, 9.17) is 9.47 Å². The Morgan fingerprint density at radius 2 is 2.18 bits per heavy atom. The van der Waals surface area contributed by atoms with Gasteiger partial charge < -0.3 is 14.6 Å². The Morgan fingerprint density at radius 1 is 1.27 bits per heavy atom. The Kier molecular flexibility index (Phi) is 3.68. The maximum absolute atomic E-state index is 10.5. The number of fused-ring (bicyclic) bond motifs is 1. The monoisotopic (exact) mass is 301 g/mol. The first-order valence-electron chi connectivity index (χ1n) is 8.21. The molecule has 3 aliphatic heterocycles. The maximum Gasteiger partial charge on any atom is 0.127 e. The first-order valence-corrected chi connectivity index (χ1v) is 8.21. The molecule has 0 saturated carbocycles. The van der Waals surface area contributed by atoms with Crippen molar-refractivity contribution in [3.63, 3.8) is 0 Å². The summed E-state index contributed by atoms with van der Waals surface area (Å²) in [5, 5.41) is 10.5. The molecule has 0 radical (unpaired) electrons. The Hall–Kier alpha value is -1.36. The third-order valence-electron chi connectivity index (χ3n) is 5.14. The minimum atomic E-state index is -0.374. The molecule has 2 atom stereocenters. The van der Waals surface area contributed by atoms with E-state index in [0.717, 1.165) is 50.3 Å². The number of para-hydroxylation sites is 1. The summed E-state index contributed by atoms with van der Waals surface area (Å²) in [6, 6.07) is 8.13. The van der Waals surface area contributed by atoms with Crippen LogP contribution in [0.15, 0.2) is 29.8 Å². The van der Waals surface area contributed by atoms with Crippen LogP contribution in [-0.2, 0) is 4.74 Å². The highest BCUT2D eigenvalue weighted by Gasteiger charge is 2.45. The van der Waals surface area contributed by atoms with E-state index in [9.17, 15) is 5.11 Å². The molecule has 4 rings (SSSR count). The molecule has 0 unspecified atom stereocenters. The van der Waals surface area contributed by atoms with Gasteiger partial charge in [0, 0.05) is 31.8 Å². The van der Waals surface area contributed by atoms with Crippen molar-refractivity contribution in [1.29, 1.82) is 0 Å². The van der Waals surface area contributed by atoms with Crippen molar-refractivity contribution in [2.24, 2.45) is 0 Å². The Balaban J connectivity index is 1.42. The van der Waals surface area contributed by atoms with Gasteiger partial charge in [-0.05, 0) is 37.0 Å². The van der Waals surface area contributed by atoms with Crippen LogP contribution in [0.4, 0.5) is 0 Å². The number of aliphatic hydroxyl groups is 1. The fourth-order valence-corrected chi connectivity index (χ4v) is 3.88. The summed E-state index contributed by atoms with van der Waals surface area (Å²) in [5.41, 5.74) is 2.16. The Labute approximate surface area is 131 Å². The molecule has 1 aromatic carbocycles. The van der Waals surface area contributed by atoms with E-state index in [0.29, 0.717) is 13.2 Å². The van der Waals surface area contributed by atoms with Crippen molar-refractivity contribution in [2.45, 2.75) is 31.0 Å². The number of nitrogens with zero attached hydrogens (tertiary/aromatic N) is 1. The first kappa shape index (κ1) is 14.2. The van der Waals surface area contributed by atoms with Crippen LogP contribution in [0, 0.1) is 0 Å². The standard InChI is InChI=1S/C18H23NO3/c20-17-12-19(8-7-18(17)6-3-9-22-18)11-14-10-15-4-1-2-5-16(15)21-13-14/h1-2,4-5,10,17,20H,3,6-9,11-13H2/t17-,18-/m0/s1. The van der Waals surface area contributed by atoms with Crippen LogP contribution in [0.2, 0.25) is 0 Å². The zero-order valence-electron chi connectivity index (χ0n) is 12.8. The lowest BCUT2D eigenvalue weighted by Gasteiger charge is -2.43. The van der Waals surface area contributed by atoms with Crippen molar-refractivity contribution in [2.75, 3.05) is 32.8 Å². The van der Waals surface area contributed by atoms with Crippen LogP contribution in [0.25, 0.3) is 6.08 Å².